The zero-order valence-corrected chi connectivity index (χ0v) is 20.5. The van der Waals surface area contributed by atoms with Gasteiger partial charge in [-0.3, -0.25) is 0 Å². The van der Waals surface area contributed by atoms with Crippen molar-refractivity contribution >= 4 is 42.9 Å². The summed E-state index contributed by atoms with van der Waals surface area (Å²) >= 11 is -2.84. The Morgan fingerprint density at radius 1 is 1.04 bits per heavy atom. The molecular formula is C18H23As2F3O4S. The number of alkyl halides is 3. The van der Waals surface area contributed by atoms with Gasteiger partial charge in [-0.1, -0.05) is 0 Å². The van der Waals surface area contributed by atoms with E-state index in [4.69, 9.17) is 17.7 Å². The molecule has 0 aromatic heterocycles. The third-order valence-corrected chi connectivity index (χ3v) is 34.6. The second-order valence-electron chi connectivity index (χ2n) is 6.22. The van der Waals surface area contributed by atoms with Gasteiger partial charge in [-0.25, -0.2) is 8.42 Å². The Balaban J connectivity index is 0.000000416. The van der Waals surface area contributed by atoms with Crippen LogP contribution in [0.2, 0.25) is 17.1 Å². The zero-order valence-electron chi connectivity index (χ0n) is 16.0. The summed E-state index contributed by atoms with van der Waals surface area (Å²) in [6.45, 7) is 0.734. The number of ether oxygens (including phenoxy) is 1. The Morgan fingerprint density at radius 2 is 1.50 bits per heavy atom. The van der Waals surface area contributed by atoms with Crippen LogP contribution in [-0.2, 0) is 21.5 Å². The molecule has 10 heteroatoms. The van der Waals surface area contributed by atoms with Crippen LogP contribution in [0.15, 0.2) is 54.6 Å². The molecule has 1 unspecified atom stereocenters. The average molecular weight is 542 g/mol. The van der Waals surface area contributed by atoms with E-state index in [1.165, 1.54) is 5.56 Å². The van der Waals surface area contributed by atoms with Gasteiger partial charge in [0.1, 0.15) is 0 Å². The summed E-state index contributed by atoms with van der Waals surface area (Å²) in [4.78, 5) is 0. The predicted octanol–water partition coefficient (Wildman–Crippen LogP) is 2.91. The van der Waals surface area contributed by atoms with Crippen molar-refractivity contribution in [2.75, 3.05) is 7.11 Å². The molecule has 0 amide bonds. The molecule has 1 atom stereocenters. The number of benzene rings is 2. The molecule has 0 aliphatic rings. The van der Waals surface area contributed by atoms with Gasteiger partial charge in [-0.05, 0) is 0 Å². The van der Waals surface area contributed by atoms with Crippen LogP contribution in [0.5, 0.6) is 0 Å². The van der Waals surface area contributed by atoms with Crippen LogP contribution < -0.4 is 8.70 Å². The van der Waals surface area contributed by atoms with Crippen molar-refractivity contribution in [1.29, 1.82) is 0 Å². The number of methoxy groups -OCH3 is 1. The fourth-order valence-corrected chi connectivity index (χ4v) is 21.7. The van der Waals surface area contributed by atoms with E-state index in [1.54, 1.807) is 15.8 Å². The molecule has 0 spiro atoms. The predicted molar refractivity (Wildman–Crippen MR) is 108 cm³/mol. The van der Waals surface area contributed by atoms with E-state index < -0.39 is 39.7 Å². The van der Waals surface area contributed by atoms with Crippen molar-refractivity contribution in [3.8, 4) is 0 Å². The van der Waals surface area contributed by atoms with Crippen LogP contribution in [0.25, 0.3) is 0 Å². The van der Waals surface area contributed by atoms with E-state index in [9.17, 15) is 13.2 Å². The van der Waals surface area contributed by atoms with E-state index in [2.05, 4.69) is 71.7 Å². The minimum Gasteiger partial charge on any atom is -0.741 e. The molecule has 156 valence electrons. The van der Waals surface area contributed by atoms with Gasteiger partial charge in [0.25, 0.3) is 0 Å². The van der Waals surface area contributed by atoms with Gasteiger partial charge >= 0.3 is 134 Å². The maximum atomic E-state index is 10.7. The normalized spacial score (nSPS) is 13.4. The molecule has 0 bridgehead atoms. The molecule has 0 fully saturated rings. The summed E-state index contributed by atoms with van der Waals surface area (Å²) in [6.07, 6.45) is 0. The largest absolute Gasteiger partial charge is 0.741 e. The SMILES string of the molecule is COCc1ccccc1[As+](C)(C)[As](C)c1ccccc1.O=S(=O)([O-])C(F)(F)F. The first-order valence-corrected chi connectivity index (χ1v) is 22.2. The van der Waals surface area contributed by atoms with Crippen LogP contribution >= 0.6 is 0 Å². The topological polar surface area (TPSA) is 66.4 Å². The molecule has 0 saturated carbocycles. The minimum atomic E-state index is -6.09. The van der Waals surface area contributed by atoms with Crippen molar-refractivity contribution in [2.24, 2.45) is 0 Å². The maximum Gasteiger partial charge on any atom is 0.485 e. The van der Waals surface area contributed by atoms with Crippen molar-refractivity contribution in [2.45, 2.75) is 29.2 Å². The molecule has 2 rings (SSSR count). The van der Waals surface area contributed by atoms with Crippen molar-refractivity contribution in [3.05, 3.63) is 60.2 Å². The third-order valence-electron chi connectivity index (χ3n) is 4.04. The summed E-state index contributed by atoms with van der Waals surface area (Å²) in [6, 6.07) is 20.0. The standard InChI is InChI=1S/C17H23As2O.CHF3O3S/c1-18(16-11-6-5-7-12-16)19(2,3)17-13-9-8-10-15(17)14-20-4;2-1(3,4)8(5,6)7/h5-13H,14H2,1-4H3;(H,5,6,7)/q+1;/p-1. The van der Waals surface area contributed by atoms with Gasteiger partial charge in [-0.2, -0.15) is 13.2 Å². The van der Waals surface area contributed by atoms with Crippen molar-refractivity contribution in [3.63, 3.8) is 0 Å². The van der Waals surface area contributed by atoms with E-state index in [0.717, 1.165) is 6.61 Å². The number of hydrogen-bond acceptors (Lipinski definition) is 4. The van der Waals surface area contributed by atoms with Crippen LogP contribution in [-0.4, -0.2) is 49.7 Å². The van der Waals surface area contributed by atoms with Gasteiger partial charge in [0, 0.05) is 0 Å². The van der Waals surface area contributed by atoms with Gasteiger partial charge in [0.2, 0.25) is 0 Å². The Hall–Kier alpha value is -0.783. The Bertz CT molecular complexity index is 857. The Morgan fingerprint density at radius 3 is 1.96 bits per heavy atom. The van der Waals surface area contributed by atoms with E-state index in [-0.39, 0.29) is 0 Å². The summed E-state index contributed by atoms with van der Waals surface area (Å²) in [5.41, 5.74) is 3.38. The fourth-order valence-electron chi connectivity index (χ4n) is 2.42. The monoisotopic (exact) mass is 542 g/mol. The first-order valence-electron chi connectivity index (χ1n) is 8.05. The van der Waals surface area contributed by atoms with Crippen LogP contribution in [0.3, 0.4) is 0 Å². The molecule has 0 saturated heterocycles. The van der Waals surface area contributed by atoms with Gasteiger partial charge in [0.05, 0.1) is 0 Å². The molecule has 0 N–H and O–H groups in total. The van der Waals surface area contributed by atoms with Crippen molar-refractivity contribution in [1.82, 2.24) is 0 Å². The zero-order chi connectivity index (χ0) is 21.6. The molecule has 0 aliphatic heterocycles. The number of hydrogen-bond donors (Lipinski definition) is 0. The van der Waals surface area contributed by atoms with E-state index in [1.807, 2.05) is 0 Å². The van der Waals surface area contributed by atoms with E-state index in [0.29, 0.717) is 0 Å². The molecule has 2 aromatic rings. The summed E-state index contributed by atoms with van der Waals surface area (Å²) in [5, 5.41) is 0. The molecular weight excluding hydrogens is 519 g/mol. The smallest absolute Gasteiger partial charge is 0.485 e. The second-order valence-corrected chi connectivity index (χ2v) is 35.2. The summed E-state index contributed by atoms with van der Waals surface area (Å²) in [7, 11) is -4.30. The third kappa shape index (κ3) is 6.92. The molecule has 0 heterocycles. The molecule has 0 radical (unpaired) electrons. The molecule has 4 nitrogen and oxygen atoms in total. The first-order chi connectivity index (χ1) is 12.8. The second kappa shape index (κ2) is 10.3. The average Bonchev–Trinajstić information content (AvgIpc) is 2.61. The molecule has 2 aromatic carbocycles. The Labute approximate surface area is 169 Å². The maximum absolute atomic E-state index is 10.7. The molecule has 28 heavy (non-hydrogen) atoms. The summed E-state index contributed by atoms with van der Waals surface area (Å²) < 4.78 is 67.5. The quantitative estimate of drug-likeness (QED) is 0.331. The Kier molecular flexibility index (Phi) is 9.30. The van der Waals surface area contributed by atoms with E-state index >= 15 is 0 Å². The van der Waals surface area contributed by atoms with Crippen molar-refractivity contribution < 1.29 is 30.9 Å². The van der Waals surface area contributed by atoms with Crippen LogP contribution in [0.4, 0.5) is 13.2 Å². The van der Waals surface area contributed by atoms with Gasteiger partial charge in [0.15, 0.2) is 10.1 Å². The van der Waals surface area contributed by atoms with Gasteiger partial charge < -0.3 is 4.55 Å². The van der Waals surface area contributed by atoms with Crippen LogP contribution in [0, 0.1) is 0 Å². The fraction of sp³-hybridized carbons (Fsp3) is 0.333. The minimum absolute atomic E-state index is 0.734. The number of halogens is 3. The molecule has 0 aliphatic carbocycles. The van der Waals surface area contributed by atoms with Gasteiger partial charge in [-0.15, -0.1) is 0 Å². The number of rotatable bonds is 5. The summed E-state index contributed by atoms with van der Waals surface area (Å²) in [5.74, 6) is 0. The first kappa shape index (κ1) is 25.3. The van der Waals surface area contributed by atoms with Crippen LogP contribution in [0.1, 0.15) is 5.56 Å².